The van der Waals surface area contributed by atoms with Crippen LogP contribution in [0.2, 0.25) is 0 Å². The van der Waals surface area contributed by atoms with E-state index in [0.717, 1.165) is 0 Å². The highest BCUT2D eigenvalue weighted by atomic mass is 16.3. The number of hydrogen-bond acceptors (Lipinski definition) is 7. The third kappa shape index (κ3) is 2.88. The van der Waals surface area contributed by atoms with Crippen LogP contribution in [-0.4, -0.2) is 34.2 Å². The van der Waals surface area contributed by atoms with Gasteiger partial charge in [0.15, 0.2) is 5.82 Å². The van der Waals surface area contributed by atoms with Gasteiger partial charge < -0.3 is 5.11 Å². The van der Waals surface area contributed by atoms with Crippen molar-refractivity contribution in [1.82, 2.24) is 29.1 Å². The lowest BCUT2D eigenvalue weighted by molar-refractivity contribution is 0.408. The normalized spacial score (nSPS) is 11.3. The van der Waals surface area contributed by atoms with E-state index in [0.29, 0.717) is 11.5 Å². The predicted octanol–water partition coefficient (Wildman–Crippen LogP) is 2.27. The summed E-state index contributed by atoms with van der Waals surface area (Å²) in [5, 5.41) is 22.2. The van der Waals surface area contributed by atoms with Gasteiger partial charge in [0.05, 0.1) is 5.69 Å². The molecule has 0 unspecified atom stereocenters. The molecule has 0 radical (unpaired) electrons. The van der Waals surface area contributed by atoms with Crippen molar-refractivity contribution in [2.75, 3.05) is 0 Å². The molecule has 3 aromatic heterocycles. The number of benzene rings is 1. The summed E-state index contributed by atoms with van der Waals surface area (Å²) in [6.45, 7) is 0. The fraction of sp³-hybridized carbons (Fsp3) is 0.0588. The highest BCUT2D eigenvalue weighted by Gasteiger charge is 2.19. The Bertz CT molecular complexity index is 1160. The Morgan fingerprint density at radius 3 is 2.52 bits per heavy atom. The Kier molecular flexibility index (Phi) is 4.05. The van der Waals surface area contributed by atoms with E-state index in [-0.39, 0.29) is 17.5 Å². The summed E-state index contributed by atoms with van der Waals surface area (Å²) in [7, 11) is 1.55. The summed E-state index contributed by atoms with van der Waals surface area (Å²) in [6.07, 6.45) is 2.91. The molecule has 0 bridgehead atoms. The molecule has 0 aliphatic carbocycles. The van der Waals surface area contributed by atoms with Crippen molar-refractivity contribution in [3.63, 3.8) is 0 Å². The van der Waals surface area contributed by atoms with Gasteiger partial charge in [-0.1, -0.05) is 24.3 Å². The van der Waals surface area contributed by atoms with Crippen LogP contribution in [0.4, 0.5) is 11.6 Å². The second kappa shape index (κ2) is 6.67. The summed E-state index contributed by atoms with van der Waals surface area (Å²) in [5.74, 6) is 0.321. The van der Waals surface area contributed by atoms with Gasteiger partial charge in [0.1, 0.15) is 6.33 Å². The van der Waals surface area contributed by atoms with Crippen LogP contribution < -0.4 is 5.56 Å². The van der Waals surface area contributed by atoms with E-state index in [1.807, 2.05) is 6.07 Å². The first-order chi connectivity index (χ1) is 13.2. The average Bonchev–Trinajstić information content (AvgIpc) is 3.25. The molecule has 0 aliphatic rings. The second-order valence-corrected chi connectivity index (χ2v) is 5.51. The lowest BCUT2D eigenvalue weighted by Crippen LogP contribution is -2.18. The highest BCUT2D eigenvalue weighted by molar-refractivity contribution is 5.48. The van der Waals surface area contributed by atoms with Gasteiger partial charge in [-0.05, 0) is 24.3 Å². The van der Waals surface area contributed by atoms with E-state index < -0.39 is 5.56 Å². The maximum atomic E-state index is 12.7. The lowest BCUT2D eigenvalue weighted by Gasteiger charge is -2.06. The standard InChI is InChI=1S/C17H14N8O2/c1-23-15(26)14(16(27)25(23)12-7-3-2-4-8-12)21-22-17-19-11-20-24(17)13-9-5-6-10-18-13/h2-11,26H,1H3. The molecule has 0 saturated carbocycles. The van der Waals surface area contributed by atoms with Crippen molar-refractivity contribution >= 4 is 11.6 Å². The fourth-order valence-corrected chi connectivity index (χ4v) is 2.57. The first kappa shape index (κ1) is 16.4. The second-order valence-electron chi connectivity index (χ2n) is 5.51. The van der Waals surface area contributed by atoms with E-state index in [2.05, 4.69) is 25.3 Å². The minimum absolute atomic E-state index is 0.127. The molecule has 27 heavy (non-hydrogen) atoms. The van der Waals surface area contributed by atoms with Gasteiger partial charge in [0.25, 0.3) is 5.95 Å². The summed E-state index contributed by atoms with van der Waals surface area (Å²) >= 11 is 0. The molecule has 3 heterocycles. The van der Waals surface area contributed by atoms with Crippen molar-refractivity contribution in [2.45, 2.75) is 0 Å². The molecule has 4 rings (SSSR count). The molecule has 0 aliphatic heterocycles. The minimum Gasteiger partial charge on any atom is -0.492 e. The van der Waals surface area contributed by atoms with Crippen LogP contribution in [0.1, 0.15) is 0 Å². The maximum absolute atomic E-state index is 12.7. The molecule has 10 heteroatoms. The molecular weight excluding hydrogens is 348 g/mol. The number of para-hydroxylation sites is 1. The van der Waals surface area contributed by atoms with Crippen LogP contribution in [0, 0.1) is 0 Å². The molecule has 0 atom stereocenters. The van der Waals surface area contributed by atoms with Crippen molar-refractivity contribution in [3.8, 4) is 17.4 Å². The van der Waals surface area contributed by atoms with Crippen LogP contribution in [0.15, 0.2) is 76.1 Å². The minimum atomic E-state index is -0.506. The number of nitrogens with zero attached hydrogens (tertiary/aromatic N) is 8. The first-order valence-corrected chi connectivity index (χ1v) is 7.96. The Labute approximate surface area is 152 Å². The first-order valence-electron chi connectivity index (χ1n) is 7.96. The summed E-state index contributed by atoms with van der Waals surface area (Å²) < 4.78 is 3.97. The number of aromatic nitrogens is 6. The van der Waals surface area contributed by atoms with Crippen molar-refractivity contribution in [2.24, 2.45) is 17.3 Å². The Balaban J connectivity index is 1.75. The van der Waals surface area contributed by atoms with E-state index in [9.17, 15) is 9.90 Å². The monoisotopic (exact) mass is 362 g/mol. The third-order valence-corrected chi connectivity index (χ3v) is 3.85. The van der Waals surface area contributed by atoms with Gasteiger partial charge in [-0.3, -0.25) is 4.79 Å². The van der Waals surface area contributed by atoms with Gasteiger partial charge in [0.2, 0.25) is 11.6 Å². The summed E-state index contributed by atoms with van der Waals surface area (Å²) in [5.41, 5.74) is -0.107. The third-order valence-electron chi connectivity index (χ3n) is 3.85. The van der Waals surface area contributed by atoms with Gasteiger partial charge in [-0.25, -0.2) is 14.3 Å². The summed E-state index contributed by atoms with van der Waals surface area (Å²) in [6, 6.07) is 14.2. The van der Waals surface area contributed by atoms with E-state index in [1.54, 1.807) is 55.7 Å². The zero-order chi connectivity index (χ0) is 18.8. The van der Waals surface area contributed by atoms with Gasteiger partial charge in [-0.2, -0.15) is 14.8 Å². The van der Waals surface area contributed by atoms with Gasteiger partial charge >= 0.3 is 5.56 Å². The van der Waals surface area contributed by atoms with E-state index >= 15 is 0 Å². The Morgan fingerprint density at radius 1 is 1.00 bits per heavy atom. The maximum Gasteiger partial charge on any atom is 0.303 e. The molecule has 0 fully saturated rings. The van der Waals surface area contributed by atoms with Crippen molar-refractivity contribution < 1.29 is 5.11 Å². The molecular formula is C17H14N8O2. The molecule has 0 saturated heterocycles. The molecule has 1 N–H and O–H groups in total. The van der Waals surface area contributed by atoms with Crippen LogP contribution in [-0.2, 0) is 7.05 Å². The quantitative estimate of drug-likeness (QED) is 0.559. The number of rotatable bonds is 4. The van der Waals surface area contributed by atoms with Crippen LogP contribution in [0.25, 0.3) is 11.5 Å². The number of pyridine rings is 1. The average molecular weight is 362 g/mol. The molecule has 0 spiro atoms. The Hall–Kier alpha value is -4.08. The lowest BCUT2D eigenvalue weighted by atomic mass is 10.3. The molecule has 0 amide bonds. The largest absolute Gasteiger partial charge is 0.492 e. The number of azo groups is 1. The van der Waals surface area contributed by atoms with Crippen LogP contribution >= 0.6 is 0 Å². The fourth-order valence-electron chi connectivity index (χ4n) is 2.57. The van der Waals surface area contributed by atoms with Gasteiger partial charge in [0, 0.05) is 13.2 Å². The zero-order valence-electron chi connectivity index (χ0n) is 14.2. The molecule has 4 aromatic rings. The van der Waals surface area contributed by atoms with Crippen molar-refractivity contribution in [3.05, 3.63) is 71.4 Å². The topological polar surface area (TPSA) is 115 Å². The molecule has 1 aromatic carbocycles. The Morgan fingerprint density at radius 2 is 1.78 bits per heavy atom. The van der Waals surface area contributed by atoms with Gasteiger partial charge in [-0.15, -0.1) is 10.2 Å². The number of hydrogen-bond donors (Lipinski definition) is 1. The SMILES string of the molecule is Cn1c(O)c(N=Nc2ncnn2-c2ccccn2)c(=O)n1-c1ccccc1. The van der Waals surface area contributed by atoms with E-state index in [1.165, 1.54) is 20.4 Å². The molecule has 134 valence electrons. The van der Waals surface area contributed by atoms with E-state index in [4.69, 9.17) is 0 Å². The smallest absolute Gasteiger partial charge is 0.303 e. The predicted molar refractivity (Wildman–Crippen MR) is 96.0 cm³/mol. The zero-order valence-corrected chi connectivity index (χ0v) is 14.2. The van der Waals surface area contributed by atoms with Crippen molar-refractivity contribution in [1.29, 1.82) is 0 Å². The van der Waals surface area contributed by atoms with Crippen LogP contribution in [0.5, 0.6) is 5.88 Å². The summed E-state index contributed by atoms with van der Waals surface area (Å²) in [4.78, 5) is 20.9. The number of aromatic hydroxyl groups is 1. The van der Waals surface area contributed by atoms with Crippen LogP contribution in [0.3, 0.4) is 0 Å². The highest BCUT2D eigenvalue weighted by Crippen LogP contribution is 2.25. The molecule has 10 nitrogen and oxygen atoms in total.